The standard InChI is InChI=1S/C20H22Cl3F4N5O4/c1-11(33)29-16(19(21,22)23)31-7-6-30(10-15(31)24)12-2-4-13(5-3-12)32-9-14(36-18(32)35)8-28-17(34)20(25,26)27/h2-5,14-16H,6-10H2,1H3,(H,28,34)(H,29,33)/t14?,15-,16-/m1/s1. The summed E-state index contributed by atoms with van der Waals surface area (Å²) in [4.78, 5) is 38.8. The smallest absolute Gasteiger partial charge is 0.442 e. The highest BCUT2D eigenvalue weighted by Gasteiger charge is 2.43. The summed E-state index contributed by atoms with van der Waals surface area (Å²) in [5, 5.41) is 4.13. The van der Waals surface area contributed by atoms with Crippen molar-refractivity contribution >= 4 is 64.1 Å². The average Bonchev–Trinajstić information content (AvgIpc) is 3.15. The number of hydrogen-bond acceptors (Lipinski definition) is 6. The average molecular weight is 579 g/mol. The minimum absolute atomic E-state index is 0.0664. The molecule has 2 aliphatic heterocycles. The van der Waals surface area contributed by atoms with Crippen molar-refractivity contribution in [1.29, 1.82) is 0 Å². The van der Waals surface area contributed by atoms with Crippen LogP contribution in [-0.2, 0) is 14.3 Å². The Balaban J connectivity index is 1.60. The summed E-state index contributed by atoms with van der Waals surface area (Å²) in [5.41, 5.74) is 1.04. The van der Waals surface area contributed by atoms with E-state index >= 15 is 4.39 Å². The first-order valence-electron chi connectivity index (χ1n) is 10.6. The van der Waals surface area contributed by atoms with Crippen LogP contribution in [0.3, 0.4) is 0 Å². The van der Waals surface area contributed by atoms with Gasteiger partial charge in [-0.05, 0) is 24.3 Å². The van der Waals surface area contributed by atoms with Crippen LogP contribution in [0.2, 0.25) is 0 Å². The van der Waals surface area contributed by atoms with Gasteiger partial charge in [0.05, 0.1) is 19.6 Å². The molecule has 1 unspecified atom stereocenters. The number of ether oxygens (including phenoxy) is 1. The first kappa shape index (κ1) is 28.4. The van der Waals surface area contributed by atoms with Gasteiger partial charge < -0.3 is 20.3 Å². The first-order chi connectivity index (χ1) is 16.7. The van der Waals surface area contributed by atoms with E-state index in [2.05, 4.69) is 5.32 Å². The van der Waals surface area contributed by atoms with E-state index in [1.54, 1.807) is 34.5 Å². The quantitative estimate of drug-likeness (QED) is 0.306. The maximum atomic E-state index is 15.0. The van der Waals surface area contributed by atoms with Crippen LogP contribution in [0, 0.1) is 0 Å². The van der Waals surface area contributed by atoms with Gasteiger partial charge in [0.25, 0.3) is 0 Å². The Morgan fingerprint density at radius 2 is 1.72 bits per heavy atom. The molecule has 3 amide bonds. The van der Waals surface area contributed by atoms with Crippen molar-refractivity contribution in [2.24, 2.45) is 0 Å². The molecule has 9 nitrogen and oxygen atoms in total. The van der Waals surface area contributed by atoms with Crippen molar-refractivity contribution in [2.75, 3.05) is 42.5 Å². The number of alkyl halides is 7. The normalized spacial score (nSPS) is 22.3. The Kier molecular flexibility index (Phi) is 8.69. The van der Waals surface area contributed by atoms with E-state index in [4.69, 9.17) is 39.5 Å². The van der Waals surface area contributed by atoms with E-state index < -0.39 is 53.0 Å². The van der Waals surface area contributed by atoms with Gasteiger partial charge in [0.15, 0.2) is 6.30 Å². The van der Waals surface area contributed by atoms with E-state index in [1.165, 1.54) is 16.7 Å². The predicted octanol–water partition coefficient (Wildman–Crippen LogP) is 2.94. The molecular formula is C20H22Cl3F4N5O4. The largest absolute Gasteiger partial charge is 0.471 e. The molecular weight excluding hydrogens is 557 g/mol. The Morgan fingerprint density at radius 1 is 1.11 bits per heavy atom. The number of benzene rings is 1. The van der Waals surface area contributed by atoms with Crippen LogP contribution in [0.5, 0.6) is 0 Å². The molecule has 2 heterocycles. The van der Waals surface area contributed by atoms with Gasteiger partial charge in [-0.2, -0.15) is 13.2 Å². The van der Waals surface area contributed by atoms with Crippen LogP contribution < -0.4 is 20.4 Å². The highest BCUT2D eigenvalue weighted by Crippen LogP contribution is 2.35. The summed E-state index contributed by atoms with van der Waals surface area (Å²) in [5.74, 6) is -2.60. The third-order valence-corrected chi connectivity index (χ3v) is 6.11. The van der Waals surface area contributed by atoms with Crippen molar-refractivity contribution in [1.82, 2.24) is 15.5 Å². The van der Waals surface area contributed by atoms with Crippen molar-refractivity contribution in [2.45, 2.75) is 35.5 Å². The number of carbonyl (C=O) groups is 3. The summed E-state index contributed by atoms with van der Waals surface area (Å²) in [6.07, 6.45) is -9.52. The summed E-state index contributed by atoms with van der Waals surface area (Å²) in [6, 6.07) is 6.44. The molecule has 0 radical (unpaired) electrons. The van der Waals surface area contributed by atoms with E-state index in [0.29, 0.717) is 17.9 Å². The summed E-state index contributed by atoms with van der Waals surface area (Å²) < 4.78 is 55.1. The fourth-order valence-electron chi connectivity index (χ4n) is 3.81. The molecule has 2 fully saturated rings. The minimum Gasteiger partial charge on any atom is -0.442 e. The van der Waals surface area contributed by atoms with Crippen LogP contribution >= 0.6 is 34.8 Å². The predicted molar refractivity (Wildman–Crippen MR) is 125 cm³/mol. The Bertz CT molecular complexity index is 980. The Hall–Kier alpha value is -2.22. The zero-order chi connectivity index (χ0) is 26.8. The third kappa shape index (κ3) is 6.96. The molecule has 0 saturated carbocycles. The number of halogens is 7. The number of rotatable bonds is 6. The number of nitrogens with zero attached hydrogens (tertiary/aromatic N) is 3. The van der Waals surface area contributed by atoms with Gasteiger partial charge in [0.2, 0.25) is 9.70 Å². The molecule has 1 aromatic carbocycles. The van der Waals surface area contributed by atoms with Crippen LogP contribution in [0.15, 0.2) is 24.3 Å². The fraction of sp³-hybridized carbons (Fsp3) is 0.550. The maximum Gasteiger partial charge on any atom is 0.471 e. The van der Waals surface area contributed by atoms with Gasteiger partial charge >= 0.3 is 18.2 Å². The lowest BCUT2D eigenvalue weighted by atomic mass is 10.2. The number of amides is 3. The molecule has 2 saturated heterocycles. The molecule has 0 spiro atoms. The van der Waals surface area contributed by atoms with Gasteiger partial charge in [-0.1, -0.05) is 34.8 Å². The van der Waals surface area contributed by atoms with Gasteiger partial charge in [0, 0.05) is 31.4 Å². The van der Waals surface area contributed by atoms with E-state index in [1.807, 2.05) is 0 Å². The van der Waals surface area contributed by atoms with Gasteiger partial charge in [-0.3, -0.25) is 14.5 Å². The molecule has 2 N–H and O–H groups in total. The number of carbonyl (C=O) groups excluding carboxylic acids is 3. The molecule has 0 bridgehead atoms. The second-order valence-electron chi connectivity index (χ2n) is 8.10. The summed E-state index contributed by atoms with van der Waals surface area (Å²) in [6.45, 7) is 1.04. The van der Waals surface area contributed by atoms with Crippen LogP contribution in [0.25, 0.3) is 0 Å². The first-order valence-corrected chi connectivity index (χ1v) is 11.7. The molecule has 3 atom stereocenters. The van der Waals surface area contributed by atoms with Crippen molar-refractivity contribution in [3.8, 4) is 0 Å². The molecule has 1 aromatic rings. The highest BCUT2D eigenvalue weighted by molar-refractivity contribution is 6.68. The highest BCUT2D eigenvalue weighted by atomic mass is 35.6. The van der Waals surface area contributed by atoms with Crippen LogP contribution in [0.4, 0.5) is 33.7 Å². The summed E-state index contributed by atoms with van der Waals surface area (Å²) >= 11 is 17.8. The second-order valence-corrected chi connectivity index (χ2v) is 10.5. The van der Waals surface area contributed by atoms with Crippen molar-refractivity contribution in [3.63, 3.8) is 0 Å². The number of nitrogens with one attached hydrogen (secondary N) is 2. The lowest BCUT2D eigenvalue weighted by Crippen LogP contribution is -2.63. The topological polar surface area (TPSA) is 94.2 Å². The van der Waals surface area contributed by atoms with Crippen LogP contribution in [-0.4, -0.2) is 84.1 Å². The zero-order valence-electron chi connectivity index (χ0n) is 18.7. The number of cyclic esters (lactones) is 1. The van der Waals surface area contributed by atoms with Crippen molar-refractivity contribution < 1.29 is 36.7 Å². The van der Waals surface area contributed by atoms with Crippen molar-refractivity contribution in [3.05, 3.63) is 24.3 Å². The monoisotopic (exact) mass is 577 g/mol. The molecule has 16 heteroatoms. The van der Waals surface area contributed by atoms with Gasteiger partial charge in [0.1, 0.15) is 12.3 Å². The molecule has 36 heavy (non-hydrogen) atoms. The number of anilines is 2. The lowest BCUT2D eigenvalue weighted by molar-refractivity contribution is -0.173. The van der Waals surface area contributed by atoms with Gasteiger partial charge in [-0.15, -0.1) is 0 Å². The molecule has 0 aromatic heterocycles. The molecule has 3 rings (SSSR count). The Morgan fingerprint density at radius 3 is 2.25 bits per heavy atom. The molecule has 2 aliphatic rings. The fourth-order valence-corrected chi connectivity index (χ4v) is 4.35. The van der Waals surface area contributed by atoms with Crippen LogP contribution in [0.1, 0.15) is 6.92 Å². The van der Waals surface area contributed by atoms with E-state index in [-0.39, 0.29) is 19.6 Å². The van der Waals surface area contributed by atoms with E-state index in [0.717, 1.165) is 0 Å². The van der Waals surface area contributed by atoms with Gasteiger partial charge in [-0.25, -0.2) is 14.1 Å². The lowest BCUT2D eigenvalue weighted by Gasteiger charge is -2.44. The maximum absolute atomic E-state index is 15.0. The Labute approximate surface area is 218 Å². The molecule has 200 valence electrons. The SMILES string of the molecule is CC(=O)N[C@H](N1CCN(c2ccc(N3CC(CNC(=O)C(F)(F)F)OC3=O)cc2)C[C@@H]1F)C(Cl)(Cl)Cl. The molecule has 0 aliphatic carbocycles. The summed E-state index contributed by atoms with van der Waals surface area (Å²) in [7, 11) is 0. The third-order valence-electron chi connectivity index (χ3n) is 5.49. The second kappa shape index (κ2) is 11.0. The minimum atomic E-state index is -5.03. The number of hydrogen-bond donors (Lipinski definition) is 2. The number of piperazine rings is 1. The van der Waals surface area contributed by atoms with E-state index in [9.17, 15) is 27.6 Å². The zero-order valence-corrected chi connectivity index (χ0v) is 21.0.